The minimum absolute atomic E-state index is 0.809. The lowest BCUT2D eigenvalue weighted by Gasteiger charge is -1.92. The maximum absolute atomic E-state index is 5.53. The lowest BCUT2D eigenvalue weighted by molar-refractivity contribution is 0.896. The van der Waals surface area contributed by atoms with Gasteiger partial charge in [-0.25, -0.2) is 4.98 Å². The predicted molar refractivity (Wildman–Crippen MR) is 52.2 cm³/mol. The number of unbranched alkanes of at least 4 members (excludes halogenated alkanes) is 1. The van der Waals surface area contributed by atoms with Crippen LogP contribution in [0.2, 0.25) is 0 Å². The van der Waals surface area contributed by atoms with Gasteiger partial charge in [-0.3, -0.25) is 0 Å². The Kier molecular flexibility index (Phi) is 3.72. The summed E-state index contributed by atoms with van der Waals surface area (Å²) in [4.78, 5) is 4.14. The highest BCUT2D eigenvalue weighted by molar-refractivity contribution is 8.01. The van der Waals surface area contributed by atoms with E-state index in [2.05, 4.69) is 11.9 Å². The summed E-state index contributed by atoms with van der Waals surface area (Å²) in [7, 11) is 0. The first kappa shape index (κ1) is 8.87. The van der Waals surface area contributed by atoms with Gasteiger partial charge in [0.2, 0.25) is 0 Å². The van der Waals surface area contributed by atoms with E-state index in [0.29, 0.717) is 0 Å². The Morgan fingerprint density at radius 1 is 1.73 bits per heavy atom. The van der Waals surface area contributed by atoms with Crippen molar-refractivity contribution in [2.75, 3.05) is 11.5 Å². The Balaban J connectivity index is 2.27. The molecule has 0 unspecified atom stereocenters. The quantitative estimate of drug-likeness (QED) is 0.583. The molecule has 1 aromatic heterocycles. The van der Waals surface area contributed by atoms with Gasteiger partial charge in [0, 0.05) is 5.75 Å². The zero-order valence-electron chi connectivity index (χ0n) is 6.54. The lowest BCUT2D eigenvalue weighted by Crippen LogP contribution is -1.75. The van der Waals surface area contributed by atoms with E-state index in [9.17, 15) is 0 Å². The van der Waals surface area contributed by atoms with Crippen molar-refractivity contribution in [1.29, 1.82) is 0 Å². The molecule has 11 heavy (non-hydrogen) atoms. The van der Waals surface area contributed by atoms with Crippen LogP contribution >= 0.6 is 23.1 Å². The van der Waals surface area contributed by atoms with Crippen LogP contribution in [0.5, 0.6) is 0 Å². The second kappa shape index (κ2) is 4.62. The Bertz CT molecular complexity index is 210. The van der Waals surface area contributed by atoms with Crippen molar-refractivity contribution in [1.82, 2.24) is 4.98 Å². The van der Waals surface area contributed by atoms with E-state index in [1.807, 2.05) is 0 Å². The molecule has 4 heteroatoms. The van der Waals surface area contributed by atoms with Crippen LogP contribution < -0.4 is 5.73 Å². The smallest absolute Gasteiger partial charge is 0.151 e. The largest absolute Gasteiger partial charge is 0.389 e. The fourth-order valence-corrected chi connectivity index (χ4v) is 2.56. The number of aromatic nitrogens is 1. The van der Waals surface area contributed by atoms with E-state index in [1.54, 1.807) is 29.3 Å². The first-order chi connectivity index (χ1) is 5.33. The molecule has 0 atom stereocenters. The van der Waals surface area contributed by atoms with Crippen LogP contribution in [0.15, 0.2) is 10.5 Å². The molecule has 0 bridgehead atoms. The third-order valence-corrected chi connectivity index (χ3v) is 3.30. The molecule has 2 N–H and O–H groups in total. The van der Waals surface area contributed by atoms with Gasteiger partial charge in [0.15, 0.2) is 4.34 Å². The van der Waals surface area contributed by atoms with E-state index in [4.69, 9.17) is 5.73 Å². The second-order valence-corrected chi connectivity index (χ2v) is 4.63. The van der Waals surface area contributed by atoms with Gasteiger partial charge in [-0.2, -0.15) is 0 Å². The molecule has 0 aromatic carbocycles. The average Bonchev–Trinajstić information content (AvgIpc) is 2.37. The maximum atomic E-state index is 5.53. The summed E-state index contributed by atoms with van der Waals surface area (Å²) in [6.45, 7) is 2.19. The third-order valence-electron chi connectivity index (χ3n) is 1.23. The zero-order chi connectivity index (χ0) is 8.10. The zero-order valence-corrected chi connectivity index (χ0v) is 8.17. The molecule has 2 nitrogen and oxygen atoms in total. The first-order valence-electron chi connectivity index (χ1n) is 3.67. The number of nitrogen functional groups attached to an aromatic ring is 1. The van der Waals surface area contributed by atoms with Crippen molar-refractivity contribution in [3.8, 4) is 0 Å². The fourth-order valence-electron chi connectivity index (χ4n) is 0.640. The van der Waals surface area contributed by atoms with Crippen LogP contribution in [0.3, 0.4) is 0 Å². The summed E-state index contributed by atoms with van der Waals surface area (Å²) in [6, 6.07) is 0. The standard InChI is InChI=1S/C7H12N2S2/c1-2-3-4-10-7-9-5-6(8)11-7/h5H,2-4,8H2,1H3. The van der Waals surface area contributed by atoms with Crippen molar-refractivity contribution >= 4 is 28.1 Å². The summed E-state index contributed by atoms with van der Waals surface area (Å²) >= 11 is 3.36. The van der Waals surface area contributed by atoms with Crippen LogP contribution in [0.25, 0.3) is 0 Å². The van der Waals surface area contributed by atoms with Gasteiger partial charge in [0.1, 0.15) is 5.00 Å². The van der Waals surface area contributed by atoms with Crippen LogP contribution in [0.1, 0.15) is 19.8 Å². The Morgan fingerprint density at radius 2 is 2.55 bits per heavy atom. The molecule has 0 saturated heterocycles. The Labute approximate surface area is 75.2 Å². The summed E-state index contributed by atoms with van der Waals surface area (Å²) in [5, 5.41) is 0.809. The van der Waals surface area contributed by atoms with Crippen molar-refractivity contribution in [2.45, 2.75) is 24.1 Å². The summed E-state index contributed by atoms with van der Waals surface area (Å²) in [5.41, 5.74) is 5.53. The maximum Gasteiger partial charge on any atom is 0.151 e. The monoisotopic (exact) mass is 188 g/mol. The molecule has 0 amide bonds. The molecule has 62 valence electrons. The molecule has 0 spiro atoms. The molecule has 0 aliphatic rings. The molecule has 0 saturated carbocycles. The molecule has 1 aromatic rings. The highest BCUT2D eigenvalue weighted by Crippen LogP contribution is 2.25. The van der Waals surface area contributed by atoms with Crippen LogP contribution in [-0.2, 0) is 0 Å². The highest BCUT2D eigenvalue weighted by atomic mass is 32.2. The molecule has 0 radical (unpaired) electrons. The van der Waals surface area contributed by atoms with E-state index < -0.39 is 0 Å². The second-order valence-electron chi connectivity index (χ2n) is 2.23. The number of nitrogens with two attached hydrogens (primary N) is 1. The van der Waals surface area contributed by atoms with E-state index >= 15 is 0 Å². The minimum atomic E-state index is 0.809. The topological polar surface area (TPSA) is 38.9 Å². The van der Waals surface area contributed by atoms with Crippen LogP contribution in [-0.4, -0.2) is 10.7 Å². The predicted octanol–water partition coefficient (Wildman–Crippen LogP) is 2.62. The lowest BCUT2D eigenvalue weighted by atomic mass is 10.4. The average molecular weight is 188 g/mol. The van der Waals surface area contributed by atoms with E-state index in [-0.39, 0.29) is 0 Å². The van der Waals surface area contributed by atoms with Gasteiger partial charge in [-0.05, 0) is 6.42 Å². The van der Waals surface area contributed by atoms with E-state index in [0.717, 1.165) is 15.1 Å². The summed E-state index contributed by atoms with van der Waals surface area (Å²) < 4.78 is 1.09. The van der Waals surface area contributed by atoms with Gasteiger partial charge in [-0.15, -0.1) is 0 Å². The number of thioether (sulfide) groups is 1. The van der Waals surface area contributed by atoms with Crippen molar-refractivity contribution < 1.29 is 0 Å². The van der Waals surface area contributed by atoms with Gasteiger partial charge < -0.3 is 5.73 Å². The fraction of sp³-hybridized carbons (Fsp3) is 0.571. The van der Waals surface area contributed by atoms with Gasteiger partial charge >= 0.3 is 0 Å². The third kappa shape index (κ3) is 3.12. The van der Waals surface area contributed by atoms with Crippen LogP contribution in [0.4, 0.5) is 5.00 Å². The number of thiazole rings is 1. The van der Waals surface area contributed by atoms with Gasteiger partial charge in [-0.1, -0.05) is 36.4 Å². The molecule has 1 rings (SSSR count). The van der Waals surface area contributed by atoms with Gasteiger partial charge in [0.05, 0.1) is 6.20 Å². The van der Waals surface area contributed by atoms with Crippen molar-refractivity contribution in [3.63, 3.8) is 0 Å². The Morgan fingerprint density at radius 3 is 3.09 bits per heavy atom. The van der Waals surface area contributed by atoms with Crippen LogP contribution in [0, 0.1) is 0 Å². The van der Waals surface area contributed by atoms with E-state index in [1.165, 1.54) is 12.8 Å². The number of hydrogen-bond acceptors (Lipinski definition) is 4. The van der Waals surface area contributed by atoms with Gasteiger partial charge in [0.25, 0.3) is 0 Å². The highest BCUT2D eigenvalue weighted by Gasteiger charge is 1.97. The van der Waals surface area contributed by atoms with Crippen molar-refractivity contribution in [3.05, 3.63) is 6.20 Å². The number of nitrogens with zero attached hydrogens (tertiary/aromatic N) is 1. The van der Waals surface area contributed by atoms with Crippen molar-refractivity contribution in [2.24, 2.45) is 0 Å². The molecule has 1 heterocycles. The molecule has 0 aliphatic heterocycles. The first-order valence-corrected chi connectivity index (χ1v) is 5.47. The molecule has 0 aliphatic carbocycles. The molecular formula is C7H12N2S2. The molecule has 0 fully saturated rings. The minimum Gasteiger partial charge on any atom is -0.389 e. The molecular weight excluding hydrogens is 176 g/mol. The summed E-state index contributed by atoms with van der Waals surface area (Å²) in [5.74, 6) is 1.16. The SMILES string of the molecule is CCCCSc1ncc(N)s1. The number of rotatable bonds is 4. The number of hydrogen-bond donors (Lipinski definition) is 1. The normalized spacial score (nSPS) is 10.3. The number of anilines is 1. The summed E-state index contributed by atoms with van der Waals surface area (Å²) in [6.07, 6.45) is 4.22. The Hall–Kier alpha value is -0.220.